The zero-order valence-corrected chi connectivity index (χ0v) is 21.4. The fraction of sp³-hybridized carbons (Fsp3) is 0.154. The van der Waals surface area contributed by atoms with Gasteiger partial charge in [0, 0.05) is 22.2 Å². The third-order valence-corrected chi connectivity index (χ3v) is 5.87. The fourth-order valence-electron chi connectivity index (χ4n) is 3.05. The van der Waals surface area contributed by atoms with Crippen molar-refractivity contribution in [2.45, 2.75) is 20.1 Å². The van der Waals surface area contributed by atoms with Crippen LogP contribution in [0.1, 0.15) is 23.6 Å². The molecule has 0 saturated heterocycles. The molecule has 0 aliphatic heterocycles. The molecule has 0 saturated carbocycles. The quantitative estimate of drug-likeness (QED) is 0.227. The monoisotopic (exact) mass is 558 g/mol. The average Bonchev–Trinajstić information content (AvgIpc) is 2.82. The molecule has 0 bridgehead atoms. The first-order valence-electron chi connectivity index (χ1n) is 10.4. The Bertz CT molecular complexity index is 1240. The minimum atomic E-state index is -0.460. The van der Waals surface area contributed by atoms with E-state index in [0.717, 1.165) is 11.1 Å². The van der Waals surface area contributed by atoms with Gasteiger partial charge in [-0.1, -0.05) is 59.6 Å². The number of amides is 1. The van der Waals surface area contributed by atoms with Crippen molar-refractivity contribution in [2.75, 3.05) is 6.61 Å². The maximum absolute atomic E-state index is 12.5. The molecule has 3 rings (SSSR count). The van der Waals surface area contributed by atoms with Gasteiger partial charge in [0.2, 0.25) is 0 Å². The molecule has 0 aromatic heterocycles. The molecule has 5 nitrogen and oxygen atoms in total. The van der Waals surface area contributed by atoms with E-state index in [2.05, 4.69) is 21.2 Å². The van der Waals surface area contributed by atoms with Crippen molar-refractivity contribution in [1.29, 1.82) is 5.26 Å². The van der Waals surface area contributed by atoms with Crippen LogP contribution in [0, 0.1) is 11.3 Å². The van der Waals surface area contributed by atoms with Crippen LogP contribution in [0.3, 0.4) is 0 Å². The van der Waals surface area contributed by atoms with Gasteiger partial charge in [-0.15, -0.1) is 0 Å². The van der Waals surface area contributed by atoms with E-state index < -0.39 is 5.91 Å². The predicted octanol–water partition coefficient (Wildman–Crippen LogP) is 6.96. The summed E-state index contributed by atoms with van der Waals surface area (Å²) in [6.45, 7) is 2.79. The zero-order valence-electron chi connectivity index (χ0n) is 18.3. The zero-order chi connectivity index (χ0) is 24.5. The number of carbonyl (C=O) groups excluding carboxylic acids is 1. The molecule has 3 aromatic carbocycles. The summed E-state index contributed by atoms with van der Waals surface area (Å²) >= 11 is 15.7. The number of benzene rings is 3. The number of hydrogen-bond acceptors (Lipinski definition) is 4. The molecule has 0 spiro atoms. The SMILES string of the molecule is CCOc1cc(/C=C(\C#N)C(=O)NCc2ccccc2)cc(Br)c1OCc1ccc(Cl)cc1Cl. The van der Waals surface area contributed by atoms with Crippen molar-refractivity contribution in [3.05, 3.63) is 97.4 Å². The Balaban J connectivity index is 1.80. The van der Waals surface area contributed by atoms with Crippen LogP contribution in [0.5, 0.6) is 11.5 Å². The minimum Gasteiger partial charge on any atom is -0.490 e. The van der Waals surface area contributed by atoms with Crippen LogP contribution < -0.4 is 14.8 Å². The van der Waals surface area contributed by atoms with Gasteiger partial charge in [0.25, 0.3) is 5.91 Å². The van der Waals surface area contributed by atoms with Gasteiger partial charge < -0.3 is 14.8 Å². The van der Waals surface area contributed by atoms with Gasteiger partial charge in [0.1, 0.15) is 18.2 Å². The van der Waals surface area contributed by atoms with Crippen LogP contribution >= 0.6 is 39.1 Å². The van der Waals surface area contributed by atoms with Gasteiger partial charge in [-0.2, -0.15) is 5.26 Å². The van der Waals surface area contributed by atoms with Crippen LogP contribution in [0.15, 0.2) is 70.7 Å². The fourth-order valence-corrected chi connectivity index (χ4v) is 4.09. The lowest BCUT2D eigenvalue weighted by molar-refractivity contribution is -0.117. The Morgan fingerprint density at radius 3 is 2.56 bits per heavy atom. The van der Waals surface area contributed by atoms with Crippen molar-refractivity contribution in [3.63, 3.8) is 0 Å². The molecule has 34 heavy (non-hydrogen) atoms. The van der Waals surface area contributed by atoms with Gasteiger partial charge in [0.15, 0.2) is 11.5 Å². The second kappa shape index (κ2) is 12.5. The smallest absolute Gasteiger partial charge is 0.262 e. The molecule has 0 heterocycles. The van der Waals surface area contributed by atoms with E-state index in [9.17, 15) is 10.1 Å². The standard InChI is InChI=1S/C26H21BrCl2N2O3/c1-2-33-24-12-18(10-20(14-30)26(32)31-15-17-6-4-3-5-7-17)11-22(27)25(24)34-16-19-8-9-21(28)13-23(19)29/h3-13H,2,15-16H2,1H3,(H,31,32)/b20-10+. The van der Waals surface area contributed by atoms with Gasteiger partial charge in [-0.05, 0) is 64.3 Å². The number of nitriles is 1. The largest absolute Gasteiger partial charge is 0.490 e. The Hall–Kier alpha value is -2.98. The summed E-state index contributed by atoms with van der Waals surface area (Å²) in [4.78, 5) is 12.5. The van der Waals surface area contributed by atoms with Crippen LogP contribution in [0.4, 0.5) is 0 Å². The summed E-state index contributed by atoms with van der Waals surface area (Å²) in [5.74, 6) is 0.491. The molecule has 0 unspecified atom stereocenters. The number of hydrogen-bond donors (Lipinski definition) is 1. The number of rotatable bonds is 9. The second-order valence-electron chi connectivity index (χ2n) is 7.13. The van der Waals surface area contributed by atoms with Crippen LogP contribution in [0.2, 0.25) is 10.0 Å². The lowest BCUT2D eigenvalue weighted by Crippen LogP contribution is -2.23. The highest BCUT2D eigenvalue weighted by Crippen LogP contribution is 2.38. The molecular weight excluding hydrogens is 539 g/mol. The maximum Gasteiger partial charge on any atom is 0.262 e. The topological polar surface area (TPSA) is 71.3 Å². The van der Waals surface area contributed by atoms with E-state index in [1.807, 2.05) is 43.3 Å². The summed E-state index contributed by atoms with van der Waals surface area (Å²) < 4.78 is 12.3. The summed E-state index contributed by atoms with van der Waals surface area (Å²) in [6.07, 6.45) is 1.51. The molecule has 0 aliphatic rings. The van der Waals surface area contributed by atoms with Crippen molar-refractivity contribution < 1.29 is 14.3 Å². The Morgan fingerprint density at radius 2 is 1.88 bits per heavy atom. The molecule has 0 aliphatic carbocycles. The highest BCUT2D eigenvalue weighted by Gasteiger charge is 2.15. The molecule has 1 N–H and O–H groups in total. The van der Waals surface area contributed by atoms with Crippen molar-refractivity contribution in [2.24, 2.45) is 0 Å². The first kappa shape index (κ1) is 25.6. The van der Waals surface area contributed by atoms with E-state index in [1.54, 1.807) is 30.3 Å². The molecule has 0 radical (unpaired) electrons. The van der Waals surface area contributed by atoms with Crippen LogP contribution in [-0.2, 0) is 17.9 Å². The number of nitrogens with zero attached hydrogens (tertiary/aromatic N) is 1. The van der Waals surface area contributed by atoms with Crippen molar-refractivity contribution >= 4 is 51.1 Å². The molecule has 8 heteroatoms. The van der Waals surface area contributed by atoms with Gasteiger partial charge in [-0.25, -0.2) is 0 Å². The first-order chi connectivity index (χ1) is 16.4. The summed E-state index contributed by atoms with van der Waals surface area (Å²) in [6, 6.07) is 20.1. The number of halogens is 3. The molecule has 0 fully saturated rings. The molecule has 1 amide bonds. The average molecular weight is 560 g/mol. The molecular formula is C26H21BrCl2N2O3. The predicted molar refractivity (Wildman–Crippen MR) is 138 cm³/mol. The molecule has 0 atom stereocenters. The van der Waals surface area contributed by atoms with Crippen molar-refractivity contribution in [3.8, 4) is 17.6 Å². The van der Waals surface area contributed by atoms with E-state index in [1.165, 1.54) is 6.08 Å². The Kier molecular flexibility index (Phi) is 9.41. The van der Waals surface area contributed by atoms with Gasteiger partial charge in [-0.3, -0.25) is 4.79 Å². The normalized spacial score (nSPS) is 11.0. The molecule has 3 aromatic rings. The number of ether oxygens (including phenoxy) is 2. The van der Waals surface area contributed by atoms with Crippen molar-refractivity contribution in [1.82, 2.24) is 5.32 Å². The van der Waals surface area contributed by atoms with Gasteiger partial charge >= 0.3 is 0 Å². The lowest BCUT2D eigenvalue weighted by atomic mass is 10.1. The van der Waals surface area contributed by atoms with Gasteiger partial charge in [0.05, 0.1) is 11.1 Å². The Morgan fingerprint density at radius 1 is 1.12 bits per heavy atom. The van der Waals surface area contributed by atoms with E-state index in [-0.39, 0.29) is 12.2 Å². The second-order valence-corrected chi connectivity index (χ2v) is 8.82. The number of carbonyl (C=O) groups is 1. The summed E-state index contributed by atoms with van der Waals surface area (Å²) in [7, 11) is 0. The third-order valence-electron chi connectivity index (χ3n) is 4.69. The van der Waals surface area contributed by atoms with E-state index in [4.69, 9.17) is 32.7 Å². The minimum absolute atomic E-state index is 0.0214. The highest BCUT2D eigenvalue weighted by atomic mass is 79.9. The van der Waals surface area contributed by atoms with Crippen LogP contribution in [0.25, 0.3) is 6.08 Å². The first-order valence-corrected chi connectivity index (χ1v) is 11.9. The maximum atomic E-state index is 12.5. The lowest BCUT2D eigenvalue weighted by Gasteiger charge is -2.15. The van der Waals surface area contributed by atoms with Crippen LogP contribution in [-0.4, -0.2) is 12.5 Å². The summed E-state index contributed by atoms with van der Waals surface area (Å²) in [5, 5.41) is 13.3. The third kappa shape index (κ3) is 7.01. The number of nitrogens with one attached hydrogen (secondary N) is 1. The molecule has 174 valence electrons. The highest BCUT2D eigenvalue weighted by molar-refractivity contribution is 9.10. The van der Waals surface area contributed by atoms with E-state index in [0.29, 0.717) is 44.7 Å². The summed E-state index contributed by atoms with van der Waals surface area (Å²) in [5.41, 5.74) is 2.30. The van der Waals surface area contributed by atoms with E-state index >= 15 is 0 Å². The Labute approximate surface area is 217 Å².